The fourth-order valence-electron chi connectivity index (χ4n) is 3.57. The van der Waals surface area contributed by atoms with Crippen molar-refractivity contribution in [3.63, 3.8) is 0 Å². The van der Waals surface area contributed by atoms with Crippen molar-refractivity contribution in [2.24, 2.45) is 0 Å². The zero-order valence-corrected chi connectivity index (χ0v) is 17.4. The predicted octanol–water partition coefficient (Wildman–Crippen LogP) is 1.41. The summed E-state index contributed by atoms with van der Waals surface area (Å²) >= 11 is 0. The van der Waals surface area contributed by atoms with Crippen molar-refractivity contribution < 1.29 is 21.9 Å². The van der Waals surface area contributed by atoms with E-state index in [0.29, 0.717) is 32.3 Å². The number of hydrogen-bond acceptors (Lipinski definition) is 7. The summed E-state index contributed by atoms with van der Waals surface area (Å²) in [6.45, 7) is 5.64. The van der Waals surface area contributed by atoms with E-state index < -0.39 is 26.6 Å². The number of hydrogen-bond donors (Lipinski definition) is 0. The van der Waals surface area contributed by atoms with Crippen molar-refractivity contribution >= 4 is 21.8 Å². The molecule has 4 rings (SSSR count). The molecule has 0 spiro atoms. The molecule has 1 aromatic heterocycles. The third kappa shape index (κ3) is 4.23. The number of sulfonamides is 1. The highest BCUT2D eigenvalue weighted by molar-refractivity contribution is 7.89. The Morgan fingerprint density at radius 2 is 1.63 bits per heavy atom. The van der Waals surface area contributed by atoms with Gasteiger partial charge in [-0.3, -0.25) is 0 Å². The average molecular weight is 439 g/mol. The van der Waals surface area contributed by atoms with Gasteiger partial charge in [0.25, 0.3) is 0 Å². The van der Waals surface area contributed by atoms with Crippen molar-refractivity contribution in [3.05, 3.63) is 41.6 Å². The van der Waals surface area contributed by atoms with Crippen LogP contribution in [0.15, 0.2) is 29.2 Å². The zero-order valence-electron chi connectivity index (χ0n) is 16.6. The third-order valence-corrected chi connectivity index (χ3v) is 7.11. The number of benzene rings is 1. The standard InChI is InChI=1S/C19H23F2N5O3S/c1-14-12-18(24-8-10-29-11-9-24)23-19(22-14)25-4-6-26(7-5-25)30(27,28)17-13-15(20)2-3-16(17)21/h2-3,12-13H,4-11H2,1H3. The molecule has 2 aliphatic rings. The number of rotatable bonds is 4. The topological polar surface area (TPSA) is 78.9 Å². The SMILES string of the molecule is Cc1cc(N2CCOCC2)nc(N2CCN(S(=O)(=O)c3cc(F)ccc3F)CC2)n1. The molecular weight excluding hydrogens is 416 g/mol. The highest BCUT2D eigenvalue weighted by atomic mass is 32.2. The van der Waals surface area contributed by atoms with Gasteiger partial charge in [0, 0.05) is 51.0 Å². The molecule has 0 amide bonds. The summed E-state index contributed by atoms with van der Waals surface area (Å²) in [6.07, 6.45) is 0. The predicted molar refractivity (Wildman–Crippen MR) is 107 cm³/mol. The number of nitrogens with zero attached hydrogens (tertiary/aromatic N) is 5. The number of ether oxygens (including phenoxy) is 1. The maximum atomic E-state index is 14.0. The fourth-order valence-corrected chi connectivity index (χ4v) is 5.07. The lowest BCUT2D eigenvalue weighted by Crippen LogP contribution is -2.49. The van der Waals surface area contributed by atoms with Gasteiger partial charge in [0.2, 0.25) is 16.0 Å². The second-order valence-corrected chi connectivity index (χ2v) is 9.14. The highest BCUT2D eigenvalue weighted by Gasteiger charge is 2.32. The minimum Gasteiger partial charge on any atom is -0.378 e. The molecule has 1 aromatic carbocycles. The number of aryl methyl sites for hydroxylation is 1. The Morgan fingerprint density at radius 1 is 0.933 bits per heavy atom. The van der Waals surface area contributed by atoms with E-state index in [1.807, 2.05) is 17.9 Å². The molecule has 0 N–H and O–H groups in total. The van der Waals surface area contributed by atoms with Crippen LogP contribution in [0.3, 0.4) is 0 Å². The largest absolute Gasteiger partial charge is 0.378 e. The van der Waals surface area contributed by atoms with Crippen LogP contribution in [0.2, 0.25) is 0 Å². The molecule has 30 heavy (non-hydrogen) atoms. The lowest BCUT2D eigenvalue weighted by Gasteiger charge is -2.35. The van der Waals surface area contributed by atoms with Gasteiger partial charge in [0.15, 0.2) is 0 Å². The Morgan fingerprint density at radius 3 is 2.33 bits per heavy atom. The van der Waals surface area contributed by atoms with Crippen LogP contribution in [-0.4, -0.2) is 75.2 Å². The molecule has 0 aliphatic carbocycles. The number of morpholine rings is 1. The van der Waals surface area contributed by atoms with Crippen molar-refractivity contribution in [2.45, 2.75) is 11.8 Å². The first-order valence-corrected chi connectivity index (χ1v) is 11.2. The lowest BCUT2D eigenvalue weighted by molar-refractivity contribution is 0.122. The average Bonchev–Trinajstić information content (AvgIpc) is 2.75. The summed E-state index contributed by atoms with van der Waals surface area (Å²) in [5.41, 5.74) is 0.818. The zero-order chi connectivity index (χ0) is 21.3. The molecule has 11 heteroatoms. The minimum atomic E-state index is -4.13. The number of anilines is 2. The second-order valence-electron chi connectivity index (χ2n) is 7.23. The molecule has 2 saturated heterocycles. The van der Waals surface area contributed by atoms with E-state index in [1.165, 1.54) is 4.31 Å². The van der Waals surface area contributed by atoms with Gasteiger partial charge in [-0.2, -0.15) is 9.29 Å². The number of halogens is 2. The summed E-state index contributed by atoms with van der Waals surface area (Å²) in [7, 11) is -4.13. The minimum absolute atomic E-state index is 0.127. The summed E-state index contributed by atoms with van der Waals surface area (Å²) < 4.78 is 59.6. The van der Waals surface area contributed by atoms with E-state index in [-0.39, 0.29) is 13.1 Å². The van der Waals surface area contributed by atoms with Crippen LogP contribution in [0.1, 0.15) is 5.69 Å². The van der Waals surface area contributed by atoms with Crippen LogP contribution in [0.25, 0.3) is 0 Å². The van der Waals surface area contributed by atoms with Gasteiger partial charge < -0.3 is 14.5 Å². The Labute approximate surface area is 174 Å². The van der Waals surface area contributed by atoms with Crippen molar-refractivity contribution in [3.8, 4) is 0 Å². The molecule has 162 valence electrons. The summed E-state index contributed by atoms with van der Waals surface area (Å²) in [5, 5.41) is 0. The van der Waals surface area contributed by atoms with Crippen LogP contribution < -0.4 is 9.80 Å². The molecule has 8 nitrogen and oxygen atoms in total. The van der Waals surface area contributed by atoms with Crippen LogP contribution in [0, 0.1) is 18.6 Å². The van der Waals surface area contributed by atoms with E-state index in [0.717, 1.165) is 42.8 Å². The lowest BCUT2D eigenvalue weighted by atomic mass is 10.3. The molecule has 0 atom stereocenters. The van der Waals surface area contributed by atoms with Crippen LogP contribution in [0.4, 0.5) is 20.5 Å². The maximum absolute atomic E-state index is 14.0. The van der Waals surface area contributed by atoms with Crippen LogP contribution in [-0.2, 0) is 14.8 Å². The Balaban J connectivity index is 1.49. The maximum Gasteiger partial charge on any atom is 0.246 e. The number of aromatic nitrogens is 2. The number of piperazine rings is 1. The second kappa shape index (κ2) is 8.40. The summed E-state index contributed by atoms with van der Waals surface area (Å²) in [6, 6.07) is 4.36. The van der Waals surface area contributed by atoms with Gasteiger partial charge in [0.1, 0.15) is 22.3 Å². The Hall–Kier alpha value is -2.37. The first-order chi connectivity index (χ1) is 14.3. The molecular formula is C19H23F2N5O3S. The van der Waals surface area contributed by atoms with Gasteiger partial charge in [-0.15, -0.1) is 0 Å². The molecule has 2 aromatic rings. The summed E-state index contributed by atoms with van der Waals surface area (Å²) in [5.74, 6) is -0.406. The normalized spacial score (nSPS) is 18.6. The van der Waals surface area contributed by atoms with Gasteiger partial charge in [-0.1, -0.05) is 0 Å². The van der Waals surface area contributed by atoms with E-state index in [2.05, 4.69) is 14.9 Å². The monoisotopic (exact) mass is 439 g/mol. The molecule has 2 fully saturated rings. The summed E-state index contributed by atoms with van der Waals surface area (Å²) in [4.78, 5) is 12.6. The van der Waals surface area contributed by atoms with Crippen LogP contribution >= 0.6 is 0 Å². The van der Waals surface area contributed by atoms with Gasteiger partial charge in [-0.05, 0) is 25.1 Å². The van der Waals surface area contributed by atoms with Crippen molar-refractivity contribution in [1.29, 1.82) is 0 Å². The molecule has 0 unspecified atom stereocenters. The molecule has 2 aliphatic heterocycles. The van der Waals surface area contributed by atoms with Crippen LogP contribution in [0.5, 0.6) is 0 Å². The van der Waals surface area contributed by atoms with E-state index >= 15 is 0 Å². The van der Waals surface area contributed by atoms with Gasteiger partial charge in [-0.25, -0.2) is 22.2 Å². The first kappa shape index (κ1) is 20.9. The smallest absolute Gasteiger partial charge is 0.246 e. The molecule has 3 heterocycles. The Bertz CT molecular complexity index is 1020. The fraction of sp³-hybridized carbons (Fsp3) is 0.474. The van der Waals surface area contributed by atoms with E-state index in [1.54, 1.807) is 0 Å². The van der Waals surface area contributed by atoms with Crippen molar-refractivity contribution in [1.82, 2.24) is 14.3 Å². The van der Waals surface area contributed by atoms with Crippen molar-refractivity contribution in [2.75, 3.05) is 62.3 Å². The first-order valence-electron chi connectivity index (χ1n) is 9.73. The molecule has 0 saturated carbocycles. The van der Waals surface area contributed by atoms with Gasteiger partial charge >= 0.3 is 0 Å². The third-order valence-electron chi connectivity index (χ3n) is 5.20. The van der Waals surface area contributed by atoms with E-state index in [4.69, 9.17) is 4.74 Å². The molecule has 0 radical (unpaired) electrons. The van der Waals surface area contributed by atoms with E-state index in [9.17, 15) is 17.2 Å². The molecule has 0 bridgehead atoms. The Kier molecular flexibility index (Phi) is 5.85. The van der Waals surface area contributed by atoms with Gasteiger partial charge in [0.05, 0.1) is 13.2 Å². The highest BCUT2D eigenvalue weighted by Crippen LogP contribution is 2.24. The quantitative estimate of drug-likeness (QED) is 0.713.